The molecular weight excluding hydrogens is 306 g/mol. The van der Waals surface area contributed by atoms with Gasteiger partial charge in [0.2, 0.25) is 0 Å². The van der Waals surface area contributed by atoms with Crippen LogP contribution in [-0.2, 0) is 0 Å². The lowest BCUT2D eigenvalue weighted by Gasteiger charge is -2.10. The van der Waals surface area contributed by atoms with E-state index in [1.54, 1.807) is 0 Å². The Morgan fingerprint density at radius 2 is 1.56 bits per heavy atom. The molecule has 0 unspecified atom stereocenters. The highest BCUT2D eigenvalue weighted by molar-refractivity contribution is 6.19. The number of hydrogen-bond acceptors (Lipinski definition) is 2. The van der Waals surface area contributed by atoms with Crippen LogP contribution in [0, 0.1) is 6.92 Å². The largest absolute Gasteiger partial charge is 0.342 e. The first-order valence-corrected chi connectivity index (χ1v) is 8.42. The van der Waals surface area contributed by atoms with Crippen LogP contribution in [0.1, 0.15) is 17.5 Å². The second-order valence-electron chi connectivity index (χ2n) is 6.09. The molecular formula is C22H19N3. The smallest absolute Gasteiger partial charge is 0.113 e. The maximum atomic E-state index is 4.90. The molecule has 0 bridgehead atoms. The van der Waals surface area contributed by atoms with Crippen molar-refractivity contribution in [2.45, 2.75) is 13.3 Å². The van der Waals surface area contributed by atoms with Gasteiger partial charge < -0.3 is 5.32 Å². The van der Waals surface area contributed by atoms with Crippen molar-refractivity contribution in [1.29, 1.82) is 0 Å². The summed E-state index contributed by atoms with van der Waals surface area (Å²) in [7, 11) is 0. The minimum absolute atomic E-state index is 0.660. The maximum Gasteiger partial charge on any atom is 0.113 e. The Labute approximate surface area is 147 Å². The Bertz CT molecular complexity index is 956. The van der Waals surface area contributed by atoms with Crippen molar-refractivity contribution in [3.05, 3.63) is 90.0 Å². The highest BCUT2D eigenvalue weighted by Gasteiger charge is 2.16. The van der Waals surface area contributed by atoms with Crippen LogP contribution in [0.15, 0.2) is 88.8 Å². The average molecular weight is 325 g/mol. The number of aliphatic imine (C=N–C) groups is 2. The van der Waals surface area contributed by atoms with Crippen LogP contribution < -0.4 is 5.32 Å². The first-order chi connectivity index (χ1) is 12.3. The third-order valence-electron chi connectivity index (χ3n) is 4.25. The Morgan fingerprint density at radius 3 is 2.40 bits per heavy atom. The van der Waals surface area contributed by atoms with Crippen molar-refractivity contribution in [2.24, 2.45) is 9.98 Å². The Hall–Kier alpha value is -3.20. The number of fused-ring (bicyclic) bond motifs is 1. The summed E-state index contributed by atoms with van der Waals surface area (Å²) in [6.07, 6.45) is 0.660. The third-order valence-corrected chi connectivity index (χ3v) is 4.25. The first-order valence-electron chi connectivity index (χ1n) is 8.42. The number of para-hydroxylation sites is 3. The van der Waals surface area contributed by atoms with Gasteiger partial charge in [-0.1, -0.05) is 60.7 Å². The summed E-state index contributed by atoms with van der Waals surface area (Å²) >= 11 is 0. The Balaban J connectivity index is 1.81. The normalized spacial score (nSPS) is 15.1. The van der Waals surface area contributed by atoms with Gasteiger partial charge in [-0.2, -0.15) is 0 Å². The molecule has 3 heteroatoms. The van der Waals surface area contributed by atoms with Gasteiger partial charge in [0.1, 0.15) is 5.84 Å². The molecule has 1 aliphatic rings. The molecule has 1 N–H and O–H groups in total. The summed E-state index contributed by atoms with van der Waals surface area (Å²) in [6, 6.07) is 26.6. The van der Waals surface area contributed by atoms with Crippen LogP contribution in [0.4, 0.5) is 17.1 Å². The molecule has 0 saturated heterocycles. The molecule has 1 heterocycles. The van der Waals surface area contributed by atoms with Crippen molar-refractivity contribution >= 4 is 28.6 Å². The van der Waals surface area contributed by atoms with Crippen molar-refractivity contribution in [1.82, 2.24) is 0 Å². The van der Waals surface area contributed by atoms with Gasteiger partial charge in [0.15, 0.2) is 0 Å². The highest BCUT2D eigenvalue weighted by Crippen LogP contribution is 2.30. The summed E-state index contributed by atoms with van der Waals surface area (Å²) in [5.74, 6) is 0.904. The van der Waals surface area contributed by atoms with Gasteiger partial charge in [-0.05, 0) is 36.2 Å². The van der Waals surface area contributed by atoms with E-state index in [1.807, 2.05) is 60.7 Å². The Kier molecular flexibility index (Phi) is 4.13. The minimum Gasteiger partial charge on any atom is -0.342 e. The molecule has 3 nitrogen and oxygen atoms in total. The van der Waals surface area contributed by atoms with Crippen molar-refractivity contribution in [2.75, 3.05) is 5.32 Å². The van der Waals surface area contributed by atoms with Gasteiger partial charge in [0.25, 0.3) is 0 Å². The summed E-state index contributed by atoms with van der Waals surface area (Å²) in [6.45, 7) is 2.08. The molecule has 0 spiro atoms. The Morgan fingerprint density at radius 1 is 0.840 bits per heavy atom. The molecule has 0 atom stereocenters. The van der Waals surface area contributed by atoms with Crippen LogP contribution in [0.25, 0.3) is 0 Å². The number of nitrogens with zero attached hydrogens (tertiary/aromatic N) is 2. The summed E-state index contributed by atoms with van der Waals surface area (Å²) in [5.41, 5.74) is 6.21. The number of amidine groups is 1. The molecule has 25 heavy (non-hydrogen) atoms. The fourth-order valence-electron chi connectivity index (χ4n) is 2.92. The number of hydrogen-bond donors (Lipinski definition) is 1. The summed E-state index contributed by atoms with van der Waals surface area (Å²) in [5, 5.41) is 3.47. The number of anilines is 1. The number of rotatable bonds is 2. The zero-order valence-electron chi connectivity index (χ0n) is 14.1. The zero-order valence-corrected chi connectivity index (χ0v) is 14.1. The van der Waals surface area contributed by atoms with Crippen molar-refractivity contribution in [3.63, 3.8) is 0 Å². The monoisotopic (exact) mass is 325 g/mol. The van der Waals surface area contributed by atoms with E-state index in [-0.39, 0.29) is 0 Å². The second kappa shape index (κ2) is 6.73. The minimum atomic E-state index is 0.660. The van der Waals surface area contributed by atoms with Crippen molar-refractivity contribution in [3.8, 4) is 0 Å². The second-order valence-corrected chi connectivity index (χ2v) is 6.09. The maximum absolute atomic E-state index is 4.90. The lowest BCUT2D eigenvalue weighted by Crippen LogP contribution is -2.15. The molecule has 1 aliphatic heterocycles. The fraction of sp³-hybridized carbons (Fsp3) is 0.0909. The predicted octanol–water partition coefficient (Wildman–Crippen LogP) is 5.66. The van der Waals surface area contributed by atoms with Gasteiger partial charge in [-0.25, -0.2) is 4.99 Å². The number of benzene rings is 3. The molecule has 0 fully saturated rings. The first kappa shape index (κ1) is 15.3. The van der Waals surface area contributed by atoms with E-state index in [4.69, 9.17) is 9.98 Å². The quantitative estimate of drug-likeness (QED) is 0.648. The molecule has 0 aliphatic carbocycles. The standard InChI is InChI=1S/C22H19N3/c1-16-9-5-6-12-18(16)24-22-15-21(17-10-3-2-4-11-17)23-19-13-7-8-14-20(19)25-22/h2-14H,15H2,1H3,(H,24,25). The van der Waals surface area contributed by atoms with Crippen LogP contribution in [0.3, 0.4) is 0 Å². The molecule has 3 aromatic rings. The number of aryl methyl sites for hydroxylation is 1. The van der Waals surface area contributed by atoms with E-state index < -0.39 is 0 Å². The van der Waals surface area contributed by atoms with E-state index in [1.165, 1.54) is 0 Å². The van der Waals surface area contributed by atoms with Gasteiger partial charge in [-0.15, -0.1) is 0 Å². The average Bonchev–Trinajstić information content (AvgIpc) is 2.83. The van der Waals surface area contributed by atoms with Crippen molar-refractivity contribution < 1.29 is 0 Å². The van der Waals surface area contributed by atoms with Crippen LogP contribution >= 0.6 is 0 Å². The lowest BCUT2D eigenvalue weighted by molar-refractivity contribution is 1.36. The predicted molar refractivity (Wildman–Crippen MR) is 106 cm³/mol. The third kappa shape index (κ3) is 3.36. The molecule has 4 rings (SSSR count). The molecule has 3 aromatic carbocycles. The zero-order chi connectivity index (χ0) is 17.1. The fourth-order valence-corrected chi connectivity index (χ4v) is 2.92. The van der Waals surface area contributed by atoms with Gasteiger partial charge >= 0.3 is 0 Å². The summed E-state index contributed by atoms with van der Waals surface area (Å²) in [4.78, 5) is 9.77. The van der Waals surface area contributed by atoms with Gasteiger partial charge in [0, 0.05) is 6.42 Å². The number of nitrogens with one attached hydrogen (secondary N) is 1. The highest BCUT2D eigenvalue weighted by atomic mass is 15.0. The van der Waals surface area contributed by atoms with Gasteiger partial charge in [-0.3, -0.25) is 4.99 Å². The van der Waals surface area contributed by atoms with Crippen LogP contribution in [0.2, 0.25) is 0 Å². The molecule has 0 radical (unpaired) electrons. The van der Waals surface area contributed by atoms with Crippen LogP contribution in [-0.4, -0.2) is 11.5 Å². The topological polar surface area (TPSA) is 36.8 Å². The van der Waals surface area contributed by atoms with Crippen LogP contribution in [0.5, 0.6) is 0 Å². The molecule has 0 aromatic heterocycles. The van der Waals surface area contributed by atoms with E-state index >= 15 is 0 Å². The van der Waals surface area contributed by atoms with Gasteiger partial charge in [0.05, 0.1) is 22.8 Å². The van der Waals surface area contributed by atoms with E-state index in [0.717, 1.165) is 39.7 Å². The van der Waals surface area contributed by atoms with E-state index in [2.05, 4.69) is 30.4 Å². The summed E-state index contributed by atoms with van der Waals surface area (Å²) < 4.78 is 0. The SMILES string of the molecule is Cc1ccccc1N=C1CC(c2ccccc2)=Nc2ccccc2N1. The molecule has 0 amide bonds. The molecule has 122 valence electrons. The van der Waals surface area contributed by atoms with E-state index in [9.17, 15) is 0 Å². The molecule has 0 saturated carbocycles. The van der Waals surface area contributed by atoms with E-state index in [0.29, 0.717) is 6.42 Å². The lowest BCUT2D eigenvalue weighted by atomic mass is 10.1.